The van der Waals surface area contributed by atoms with Gasteiger partial charge in [-0.1, -0.05) is 6.07 Å². The molecule has 11 nitrogen and oxygen atoms in total. The summed E-state index contributed by atoms with van der Waals surface area (Å²) >= 11 is 0. The van der Waals surface area contributed by atoms with Crippen molar-refractivity contribution in [3.8, 4) is 5.69 Å². The summed E-state index contributed by atoms with van der Waals surface area (Å²) in [5.74, 6) is -1.48. The van der Waals surface area contributed by atoms with Crippen LogP contribution in [0, 0.1) is 13.8 Å². The van der Waals surface area contributed by atoms with Gasteiger partial charge < -0.3 is 29.6 Å². The molecule has 11 heteroatoms. The second-order valence-electron chi connectivity index (χ2n) is 10.0. The zero-order chi connectivity index (χ0) is 29.8. The molecule has 0 aliphatic carbocycles. The molecule has 1 aromatic heterocycles. The van der Waals surface area contributed by atoms with E-state index >= 15 is 0 Å². The Balaban J connectivity index is 1.26. The number of benzene rings is 2. The molecule has 0 radical (unpaired) electrons. The molecule has 5 rings (SSSR count). The lowest BCUT2D eigenvalue weighted by molar-refractivity contribution is -0.127. The summed E-state index contributed by atoms with van der Waals surface area (Å²) in [6.45, 7) is 8.37. The van der Waals surface area contributed by atoms with Crippen molar-refractivity contribution in [2.24, 2.45) is 0 Å². The predicted molar refractivity (Wildman–Crippen MR) is 158 cm³/mol. The fourth-order valence-electron chi connectivity index (χ4n) is 5.11. The topological polar surface area (TPSA) is 122 Å². The lowest BCUT2D eigenvalue weighted by atomic mass is 10.2. The molecular formula is C31H33N5O6. The first-order chi connectivity index (χ1) is 20.2. The molecule has 2 N–H and O–H groups in total. The van der Waals surface area contributed by atoms with Crippen LogP contribution >= 0.6 is 0 Å². The molecule has 2 saturated heterocycles. The molecule has 2 aliphatic heterocycles. The van der Waals surface area contributed by atoms with Gasteiger partial charge in [-0.15, -0.1) is 0 Å². The number of aryl methyl sites for hydroxylation is 1. The van der Waals surface area contributed by atoms with Gasteiger partial charge in [0.25, 0.3) is 5.91 Å². The molecule has 2 aromatic carbocycles. The van der Waals surface area contributed by atoms with Crippen LogP contribution in [0.3, 0.4) is 0 Å². The average molecular weight is 572 g/mol. The number of hydrogen-bond donors (Lipinski definition) is 2. The van der Waals surface area contributed by atoms with Gasteiger partial charge in [-0.2, -0.15) is 0 Å². The first-order valence-corrected chi connectivity index (χ1v) is 13.8. The summed E-state index contributed by atoms with van der Waals surface area (Å²) in [6.07, 6.45) is 1.59. The van der Waals surface area contributed by atoms with E-state index in [1.807, 2.05) is 42.7 Å². The maximum absolute atomic E-state index is 13.1. The van der Waals surface area contributed by atoms with E-state index in [2.05, 4.69) is 15.5 Å². The second-order valence-corrected chi connectivity index (χ2v) is 10.0. The van der Waals surface area contributed by atoms with Crippen molar-refractivity contribution in [3.63, 3.8) is 0 Å². The van der Waals surface area contributed by atoms with Gasteiger partial charge in [0.1, 0.15) is 12.2 Å². The first kappa shape index (κ1) is 28.6. The summed E-state index contributed by atoms with van der Waals surface area (Å²) in [6, 6.07) is 15.7. The van der Waals surface area contributed by atoms with Gasteiger partial charge >= 0.3 is 12.0 Å². The van der Waals surface area contributed by atoms with E-state index in [0.29, 0.717) is 30.0 Å². The van der Waals surface area contributed by atoms with Crippen LogP contribution in [0.4, 0.5) is 16.2 Å². The Morgan fingerprint density at radius 2 is 1.76 bits per heavy atom. The van der Waals surface area contributed by atoms with Gasteiger partial charge in [0, 0.05) is 41.5 Å². The number of ether oxygens (including phenoxy) is 2. The van der Waals surface area contributed by atoms with Crippen LogP contribution in [0.2, 0.25) is 0 Å². The van der Waals surface area contributed by atoms with E-state index in [-0.39, 0.29) is 12.3 Å². The van der Waals surface area contributed by atoms with Gasteiger partial charge in [0.2, 0.25) is 5.91 Å². The molecule has 0 unspecified atom stereocenters. The van der Waals surface area contributed by atoms with Gasteiger partial charge in [-0.25, -0.2) is 14.5 Å². The van der Waals surface area contributed by atoms with Gasteiger partial charge in [0.05, 0.1) is 25.4 Å². The zero-order valence-corrected chi connectivity index (χ0v) is 23.8. The molecule has 0 spiro atoms. The smallest absolute Gasteiger partial charge is 0.338 e. The quantitative estimate of drug-likeness (QED) is 0.241. The Morgan fingerprint density at radius 1 is 1.02 bits per heavy atom. The maximum Gasteiger partial charge on any atom is 0.338 e. The Labute approximate surface area is 243 Å². The fourth-order valence-corrected chi connectivity index (χ4v) is 5.11. The van der Waals surface area contributed by atoms with Crippen LogP contribution in [0.5, 0.6) is 0 Å². The van der Waals surface area contributed by atoms with Crippen molar-refractivity contribution in [2.75, 3.05) is 49.7 Å². The SMILES string of the molecule is CCOC(=O)c1cccc(-n2c(C)cc(/C=C3\NC(=O)N(CC(=O)Nc4ccc(N5CCOCC5)cc4)C3=O)c2C)c1. The summed E-state index contributed by atoms with van der Waals surface area (Å²) < 4.78 is 12.5. The Morgan fingerprint density at radius 3 is 2.48 bits per heavy atom. The van der Waals surface area contributed by atoms with E-state index < -0.39 is 30.4 Å². The number of urea groups is 1. The Kier molecular flexibility index (Phi) is 8.39. The number of anilines is 2. The number of aromatic nitrogens is 1. The number of hydrogen-bond acceptors (Lipinski definition) is 7. The van der Waals surface area contributed by atoms with Crippen molar-refractivity contribution in [1.82, 2.24) is 14.8 Å². The number of imide groups is 1. The lowest BCUT2D eigenvalue weighted by Crippen LogP contribution is -2.38. The van der Waals surface area contributed by atoms with Crippen LogP contribution in [0.1, 0.15) is 34.2 Å². The fraction of sp³-hybridized carbons (Fsp3) is 0.290. The number of rotatable bonds is 8. The summed E-state index contributed by atoms with van der Waals surface area (Å²) in [5.41, 5.74) is 5.26. The van der Waals surface area contributed by atoms with Crippen molar-refractivity contribution >= 4 is 41.3 Å². The molecule has 3 aromatic rings. The van der Waals surface area contributed by atoms with Crippen LogP contribution in [0.15, 0.2) is 60.3 Å². The first-order valence-electron chi connectivity index (χ1n) is 13.8. The Bertz CT molecular complexity index is 1550. The molecule has 0 bridgehead atoms. The van der Waals surface area contributed by atoms with Gasteiger partial charge in [-0.3, -0.25) is 9.59 Å². The normalized spacial score (nSPS) is 16.1. The van der Waals surface area contributed by atoms with Crippen molar-refractivity contribution in [2.45, 2.75) is 20.8 Å². The monoisotopic (exact) mass is 571 g/mol. The van der Waals surface area contributed by atoms with Gasteiger partial charge in [0.15, 0.2) is 0 Å². The third-order valence-electron chi connectivity index (χ3n) is 7.18. The number of carbonyl (C=O) groups is 4. The molecule has 3 heterocycles. The standard InChI is InChI=1S/C31H33N5O6/c1-4-42-30(39)22-6-5-7-26(17-22)36-20(2)16-23(21(36)3)18-27-29(38)35(31(40)33-27)19-28(37)32-24-8-10-25(11-9-24)34-12-14-41-15-13-34/h5-11,16-18H,4,12-15,19H2,1-3H3,(H,32,37)(H,33,40)/b27-18-. The third-order valence-corrected chi connectivity index (χ3v) is 7.18. The highest BCUT2D eigenvalue weighted by atomic mass is 16.5. The van der Waals surface area contributed by atoms with E-state index in [1.165, 1.54) is 0 Å². The van der Waals surface area contributed by atoms with Crippen molar-refractivity contribution < 1.29 is 28.7 Å². The lowest BCUT2D eigenvalue weighted by Gasteiger charge is -2.28. The molecule has 2 fully saturated rings. The molecule has 218 valence electrons. The van der Waals surface area contributed by atoms with E-state index in [9.17, 15) is 19.2 Å². The summed E-state index contributed by atoms with van der Waals surface area (Å²) in [7, 11) is 0. The average Bonchev–Trinajstić information content (AvgIpc) is 3.42. The van der Waals surface area contributed by atoms with Gasteiger partial charge in [-0.05, 0) is 80.9 Å². The third kappa shape index (κ3) is 6.06. The molecule has 42 heavy (non-hydrogen) atoms. The molecule has 0 atom stereocenters. The minimum absolute atomic E-state index is 0.0724. The number of morpholine rings is 1. The van der Waals surface area contributed by atoms with E-state index in [0.717, 1.165) is 40.8 Å². The van der Waals surface area contributed by atoms with E-state index in [4.69, 9.17) is 9.47 Å². The van der Waals surface area contributed by atoms with Crippen LogP contribution in [-0.2, 0) is 19.1 Å². The highest BCUT2D eigenvalue weighted by Crippen LogP contribution is 2.25. The predicted octanol–water partition coefficient (Wildman–Crippen LogP) is 3.64. The zero-order valence-electron chi connectivity index (χ0n) is 23.8. The number of nitrogens with one attached hydrogen (secondary N) is 2. The molecule has 4 amide bonds. The highest BCUT2D eigenvalue weighted by Gasteiger charge is 2.35. The summed E-state index contributed by atoms with van der Waals surface area (Å²) in [4.78, 5) is 53.8. The maximum atomic E-state index is 13.1. The summed E-state index contributed by atoms with van der Waals surface area (Å²) in [5, 5.41) is 5.33. The number of esters is 1. The minimum atomic E-state index is -0.667. The number of carbonyl (C=O) groups excluding carboxylic acids is 4. The number of nitrogens with zero attached hydrogens (tertiary/aromatic N) is 3. The van der Waals surface area contributed by atoms with Crippen LogP contribution in [0.25, 0.3) is 11.8 Å². The molecule has 2 aliphatic rings. The molecular weight excluding hydrogens is 538 g/mol. The molecule has 0 saturated carbocycles. The van der Waals surface area contributed by atoms with Crippen molar-refractivity contribution in [3.05, 3.63) is 82.8 Å². The van der Waals surface area contributed by atoms with Crippen LogP contribution < -0.4 is 15.5 Å². The second kappa shape index (κ2) is 12.3. The number of amides is 4. The van der Waals surface area contributed by atoms with Crippen LogP contribution in [-0.4, -0.2) is 72.7 Å². The van der Waals surface area contributed by atoms with E-state index in [1.54, 1.807) is 43.3 Å². The highest BCUT2D eigenvalue weighted by molar-refractivity contribution is 6.16. The Hall–Kier alpha value is -4.90. The van der Waals surface area contributed by atoms with Crippen molar-refractivity contribution in [1.29, 1.82) is 0 Å². The largest absolute Gasteiger partial charge is 0.462 e. The minimum Gasteiger partial charge on any atom is -0.462 e.